The van der Waals surface area contributed by atoms with Crippen LogP contribution in [0.25, 0.3) is 0 Å². The van der Waals surface area contributed by atoms with Gasteiger partial charge < -0.3 is 14.8 Å². The van der Waals surface area contributed by atoms with Crippen LogP contribution in [-0.4, -0.2) is 31.6 Å². The summed E-state index contributed by atoms with van der Waals surface area (Å²) in [5.41, 5.74) is -0.259. The molecule has 2 aromatic carbocycles. The molecule has 0 radical (unpaired) electrons. The molecule has 150 valence electrons. The van der Waals surface area contributed by atoms with Crippen molar-refractivity contribution in [3.63, 3.8) is 0 Å². The highest BCUT2D eigenvalue weighted by molar-refractivity contribution is 5.94. The molecule has 1 N–H and O–H groups in total. The number of hydrogen-bond donors (Lipinski definition) is 1. The van der Waals surface area contributed by atoms with Gasteiger partial charge >= 0.3 is 5.97 Å². The highest BCUT2D eigenvalue weighted by atomic mass is 19.1. The Morgan fingerprint density at radius 1 is 0.893 bits per heavy atom. The first-order chi connectivity index (χ1) is 13.5. The van der Waals surface area contributed by atoms with E-state index in [9.17, 15) is 22.8 Å². The summed E-state index contributed by atoms with van der Waals surface area (Å²) in [7, 11) is 0. The number of benzene rings is 2. The van der Waals surface area contributed by atoms with Crippen molar-refractivity contribution < 1.29 is 32.2 Å². The van der Waals surface area contributed by atoms with Gasteiger partial charge in [-0.15, -0.1) is 0 Å². The van der Waals surface area contributed by atoms with E-state index in [1.165, 1.54) is 24.3 Å². The molecule has 0 aliphatic carbocycles. The fourth-order valence-electron chi connectivity index (χ4n) is 2.24. The molecule has 1 amide bonds. The van der Waals surface area contributed by atoms with E-state index < -0.39 is 23.5 Å². The molecule has 0 bridgehead atoms. The van der Waals surface area contributed by atoms with Gasteiger partial charge in [0, 0.05) is 25.5 Å². The summed E-state index contributed by atoms with van der Waals surface area (Å²) < 4.78 is 49.4. The topological polar surface area (TPSA) is 64.6 Å². The molecule has 0 aliphatic rings. The minimum absolute atomic E-state index is 0.0883. The predicted octanol–water partition coefficient (Wildman–Crippen LogP) is 3.63. The highest BCUT2D eigenvalue weighted by Gasteiger charge is 2.12. The Morgan fingerprint density at radius 2 is 1.61 bits per heavy atom. The van der Waals surface area contributed by atoms with E-state index in [0.717, 1.165) is 12.1 Å². The zero-order chi connectivity index (χ0) is 20.4. The standard InChI is InChI=1S/C20H20F3NO4/c21-14-4-7-16(8-5-14)27-11-2-12-28-19(25)3-1-10-24-20(26)17-9-6-15(22)13-18(17)23/h4-9,13H,1-3,10-12H2,(H,24,26). The Hall–Kier alpha value is -3.03. The molecule has 2 aromatic rings. The van der Waals surface area contributed by atoms with Crippen molar-refractivity contribution >= 4 is 11.9 Å². The maximum atomic E-state index is 13.5. The third kappa shape index (κ3) is 7.30. The Morgan fingerprint density at radius 3 is 2.32 bits per heavy atom. The predicted molar refractivity (Wildman–Crippen MR) is 95.4 cm³/mol. The van der Waals surface area contributed by atoms with Gasteiger partial charge in [-0.2, -0.15) is 0 Å². The fourth-order valence-corrected chi connectivity index (χ4v) is 2.24. The number of halogens is 3. The second-order valence-corrected chi connectivity index (χ2v) is 5.86. The lowest BCUT2D eigenvalue weighted by Crippen LogP contribution is -2.26. The van der Waals surface area contributed by atoms with Crippen LogP contribution >= 0.6 is 0 Å². The van der Waals surface area contributed by atoms with Crippen LogP contribution in [0.5, 0.6) is 5.75 Å². The van der Waals surface area contributed by atoms with Gasteiger partial charge in [-0.3, -0.25) is 9.59 Å². The molecule has 0 fully saturated rings. The maximum Gasteiger partial charge on any atom is 0.305 e. The van der Waals surface area contributed by atoms with E-state index in [1.54, 1.807) is 0 Å². The minimum Gasteiger partial charge on any atom is -0.493 e. The fraction of sp³-hybridized carbons (Fsp3) is 0.300. The summed E-state index contributed by atoms with van der Waals surface area (Å²) in [4.78, 5) is 23.4. The van der Waals surface area contributed by atoms with E-state index in [2.05, 4.69) is 5.32 Å². The molecule has 0 aliphatic heterocycles. The monoisotopic (exact) mass is 395 g/mol. The largest absolute Gasteiger partial charge is 0.493 e. The van der Waals surface area contributed by atoms with Gasteiger partial charge in [-0.05, 0) is 42.8 Å². The molecule has 0 atom stereocenters. The van der Waals surface area contributed by atoms with Crippen molar-refractivity contribution in [1.29, 1.82) is 0 Å². The van der Waals surface area contributed by atoms with Gasteiger partial charge in [-0.25, -0.2) is 13.2 Å². The second kappa shape index (κ2) is 11.0. The van der Waals surface area contributed by atoms with Crippen LogP contribution in [0.4, 0.5) is 13.2 Å². The molecular formula is C20H20F3NO4. The van der Waals surface area contributed by atoms with Gasteiger partial charge in [0.25, 0.3) is 5.91 Å². The van der Waals surface area contributed by atoms with Crippen molar-refractivity contribution in [3.8, 4) is 5.75 Å². The average molecular weight is 395 g/mol. The molecule has 0 unspecified atom stereocenters. The maximum absolute atomic E-state index is 13.5. The number of esters is 1. The Balaban J connectivity index is 1.53. The van der Waals surface area contributed by atoms with Crippen molar-refractivity contribution in [2.24, 2.45) is 0 Å². The zero-order valence-electron chi connectivity index (χ0n) is 15.1. The summed E-state index contributed by atoms with van der Waals surface area (Å²) in [6.45, 7) is 0.643. The third-order valence-electron chi connectivity index (χ3n) is 3.65. The number of rotatable bonds is 10. The number of carbonyl (C=O) groups is 2. The summed E-state index contributed by atoms with van der Waals surface area (Å²) >= 11 is 0. The first-order valence-corrected chi connectivity index (χ1v) is 8.73. The van der Waals surface area contributed by atoms with Crippen LogP contribution < -0.4 is 10.1 Å². The van der Waals surface area contributed by atoms with Crippen LogP contribution in [0.3, 0.4) is 0 Å². The van der Waals surface area contributed by atoms with Crippen LogP contribution in [0.1, 0.15) is 29.6 Å². The lowest BCUT2D eigenvalue weighted by Gasteiger charge is -2.08. The summed E-state index contributed by atoms with van der Waals surface area (Å²) in [6, 6.07) is 8.28. The number of hydrogen-bond acceptors (Lipinski definition) is 4. The number of carbonyl (C=O) groups excluding carboxylic acids is 2. The lowest BCUT2D eigenvalue weighted by molar-refractivity contribution is -0.143. The van der Waals surface area contributed by atoms with Gasteiger partial charge in [0.2, 0.25) is 0 Å². The highest BCUT2D eigenvalue weighted by Crippen LogP contribution is 2.11. The molecule has 0 saturated carbocycles. The van der Waals surface area contributed by atoms with Gasteiger partial charge in [0.1, 0.15) is 23.2 Å². The van der Waals surface area contributed by atoms with Crippen LogP contribution in [0.15, 0.2) is 42.5 Å². The summed E-state index contributed by atoms with van der Waals surface area (Å²) in [5.74, 6) is -2.63. The lowest BCUT2D eigenvalue weighted by atomic mass is 10.2. The normalized spacial score (nSPS) is 10.4. The summed E-state index contributed by atoms with van der Waals surface area (Å²) in [6.07, 6.45) is 0.883. The molecule has 5 nitrogen and oxygen atoms in total. The molecular weight excluding hydrogens is 375 g/mol. The molecule has 0 saturated heterocycles. The minimum atomic E-state index is -0.945. The Kier molecular flexibility index (Phi) is 8.33. The molecule has 8 heteroatoms. The first kappa shape index (κ1) is 21.3. The molecule has 0 aromatic heterocycles. The van der Waals surface area contributed by atoms with Crippen LogP contribution in [-0.2, 0) is 9.53 Å². The van der Waals surface area contributed by atoms with E-state index in [4.69, 9.17) is 9.47 Å². The van der Waals surface area contributed by atoms with E-state index in [-0.39, 0.29) is 31.0 Å². The Bertz CT molecular complexity index is 797. The van der Waals surface area contributed by atoms with Crippen molar-refractivity contribution in [2.75, 3.05) is 19.8 Å². The van der Waals surface area contributed by atoms with Gasteiger partial charge in [0.05, 0.1) is 18.8 Å². The van der Waals surface area contributed by atoms with Gasteiger partial charge in [0.15, 0.2) is 0 Å². The van der Waals surface area contributed by atoms with Gasteiger partial charge in [-0.1, -0.05) is 0 Å². The number of nitrogens with one attached hydrogen (secondary N) is 1. The third-order valence-corrected chi connectivity index (χ3v) is 3.65. The van der Waals surface area contributed by atoms with Crippen molar-refractivity contribution in [3.05, 3.63) is 65.5 Å². The van der Waals surface area contributed by atoms with E-state index >= 15 is 0 Å². The second-order valence-electron chi connectivity index (χ2n) is 5.86. The SMILES string of the molecule is O=C(CCCNC(=O)c1ccc(F)cc1F)OCCCOc1ccc(F)cc1. The number of ether oxygens (including phenoxy) is 2. The molecule has 0 heterocycles. The number of amides is 1. The van der Waals surface area contributed by atoms with Crippen molar-refractivity contribution in [2.45, 2.75) is 19.3 Å². The molecule has 0 spiro atoms. The molecule has 28 heavy (non-hydrogen) atoms. The van der Waals surface area contributed by atoms with E-state index in [0.29, 0.717) is 31.3 Å². The average Bonchev–Trinajstić information content (AvgIpc) is 2.66. The Labute approximate surface area is 160 Å². The zero-order valence-corrected chi connectivity index (χ0v) is 15.1. The quantitative estimate of drug-likeness (QED) is 0.493. The van der Waals surface area contributed by atoms with Crippen LogP contribution in [0, 0.1) is 17.5 Å². The molecule has 2 rings (SSSR count). The van der Waals surface area contributed by atoms with Crippen LogP contribution in [0.2, 0.25) is 0 Å². The summed E-state index contributed by atoms with van der Waals surface area (Å²) in [5, 5.41) is 2.46. The van der Waals surface area contributed by atoms with Crippen molar-refractivity contribution in [1.82, 2.24) is 5.32 Å². The first-order valence-electron chi connectivity index (χ1n) is 8.73. The van der Waals surface area contributed by atoms with E-state index in [1.807, 2.05) is 0 Å². The smallest absolute Gasteiger partial charge is 0.305 e.